The fourth-order valence-electron chi connectivity index (χ4n) is 3.23. The summed E-state index contributed by atoms with van der Waals surface area (Å²) in [4.78, 5) is 27.4. The van der Waals surface area contributed by atoms with Gasteiger partial charge in [-0.05, 0) is 55.7 Å². The quantitative estimate of drug-likeness (QED) is 0.809. The third-order valence-corrected chi connectivity index (χ3v) is 5.15. The fraction of sp³-hybridized carbons (Fsp3) is 0.300. The molecule has 0 spiro atoms. The molecule has 0 radical (unpaired) electrons. The van der Waals surface area contributed by atoms with E-state index in [0.29, 0.717) is 40.0 Å². The van der Waals surface area contributed by atoms with Crippen molar-refractivity contribution < 1.29 is 14.3 Å². The number of likely N-dealkylation sites (tertiary alicyclic amines) is 1. The Labute approximate surface area is 168 Å². The van der Waals surface area contributed by atoms with E-state index in [0.717, 1.165) is 12.0 Å². The molecule has 1 aliphatic rings. The van der Waals surface area contributed by atoms with E-state index in [4.69, 9.17) is 27.9 Å². The topological polar surface area (TPSA) is 58.6 Å². The lowest BCUT2D eigenvalue weighted by Crippen LogP contribution is -2.43. The van der Waals surface area contributed by atoms with Crippen molar-refractivity contribution in [2.75, 3.05) is 19.0 Å². The number of benzene rings is 2. The van der Waals surface area contributed by atoms with Crippen molar-refractivity contribution >= 4 is 40.7 Å². The number of halogens is 2. The van der Waals surface area contributed by atoms with Crippen LogP contribution in [-0.2, 0) is 4.79 Å². The molecule has 2 aromatic carbocycles. The average Bonchev–Trinajstić information content (AvgIpc) is 3.13. The van der Waals surface area contributed by atoms with E-state index in [1.807, 2.05) is 19.1 Å². The molecular weight excluding hydrogens is 387 g/mol. The van der Waals surface area contributed by atoms with E-state index >= 15 is 0 Å². The van der Waals surface area contributed by atoms with Crippen LogP contribution in [0.1, 0.15) is 28.8 Å². The molecule has 0 aromatic heterocycles. The maximum Gasteiger partial charge on any atom is 0.256 e. The summed E-state index contributed by atoms with van der Waals surface area (Å²) in [5, 5.41) is 3.63. The van der Waals surface area contributed by atoms with Crippen LogP contribution in [0.4, 0.5) is 5.69 Å². The molecule has 1 N–H and O–H groups in total. The van der Waals surface area contributed by atoms with Gasteiger partial charge in [-0.25, -0.2) is 0 Å². The molecule has 5 nitrogen and oxygen atoms in total. The van der Waals surface area contributed by atoms with Crippen LogP contribution in [0.3, 0.4) is 0 Å². The van der Waals surface area contributed by atoms with Crippen molar-refractivity contribution in [3.8, 4) is 5.75 Å². The molecule has 27 heavy (non-hydrogen) atoms. The van der Waals surface area contributed by atoms with E-state index < -0.39 is 6.04 Å². The van der Waals surface area contributed by atoms with Gasteiger partial charge in [-0.1, -0.05) is 29.3 Å². The van der Waals surface area contributed by atoms with E-state index in [1.165, 1.54) is 6.07 Å². The van der Waals surface area contributed by atoms with Gasteiger partial charge >= 0.3 is 0 Å². The number of ether oxygens (including phenoxy) is 1. The van der Waals surface area contributed by atoms with Crippen LogP contribution in [0.25, 0.3) is 0 Å². The average molecular weight is 407 g/mol. The molecule has 1 atom stereocenters. The van der Waals surface area contributed by atoms with Crippen LogP contribution in [0, 0.1) is 6.92 Å². The maximum absolute atomic E-state index is 12.9. The molecule has 7 heteroatoms. The highest BCUT2D eigenvalue weighted by atomic mass is 35.5. The smallest absolute Gasteiger partial charge is 0.256 e. The molecule has 1 fully saturated rings. The van der Waals surface area contributed by atoms with Crippen molar-refractivity contribution in [2.24, 2.45) is 0 Å². The Hall–Kier alpha value is -2.24. The van der Waals surface area contributed by atoms with Crippen molar-refractivity contribution in [3.63, 3.8) is 0 Å². The Bertz CT molecular complexity index is 886. The van der Waals surface area contributed by atoms with Gasteiger partial charge in [0, 0.05) is 11.6 Å². The number of nitrogens with zero attached hydrogens (tertiary/aromatic N) is 1. The van der Waals surface area contributed by atoms with Crippen molar-refractivity contribution in [2.45, 2.75) is 25.8 Å². The Morgan fingerprint density at radius 2 is 1.96 bits per heavy atom. The minimum atomic E-state index is -0.572. The number of rotatable bonds is 4. The van der Waals surface area contributed by atoms with Gasteiger partial charge < -0.3 is 15.0 Å². The van der Waals surface area contributed by atoms with Gasteiger partial charge in [0.05, 0.1) is 23.4 Å². The minimum Gasteiger partial charge on any atom is -0.495 e. The zero-order chi connectivity index (χ0) is 19.6. The Balaban J connectivity index is 1.82. The van der Waals surface area contributed by atoms with Crippen molar-refractivity contribution in [3.05, 3.63) is 57.6 Å². The third kappa shape index (κ3) is 4.20. The van der Waals surface area contributed by atoms with E-state index in [1.54, 1.807) is 30.2 Å². The highest BCUT2D eigenvalue weighted by Crippen LogP contribution is 2.29. The number of hydrogen-bond donors (Lipinski definition) is 1. The van der Waals surface area contributed by atoms with Crippen molar-refractivity contribution in [1.82, 2.24) is 4.90 Å². The third-order valence-electron chi connectivity index (χ3n) is 4.59. The number of carbonyl (C=O) groups is 2. The molecule has 1 saturated heterocycles. The number of aryl methyl sites for hydroxylation is 1. The Morgan fingerprint density at radius 1 is 1.19 bits per heavy atom. The van der Waals surface area contributed by atoms with Crippen LogP contribution in [0.2, 0.25) is 10.0 Å². The SMILES string of the molecule is COc1ccc(C)cc1NC(=O)[C@@H]1CCCN1C(=O)c1cc(Cl)ccc1Cl. The van der Waals surface area contributed by atoms with E-state index in [2.05, 4.69) is 5.32 Å². The lowest BCUT2D eigenvalue weighted by Gasteiger charge is -2.25. The Morgan fingerprint density at radius 3 is 2.70 bits per heavy atom. The summed E-state index contributed by atoms with van der Waals surface area (Å²) in [6.45, 7) is 2.42. The van der Waals surface area contributed by atoms with Crippen LogP contribution >= 0.6 is 23.2 Å². The predicted molar refractivity (Wildman–Crippen MR) is 107 cm³/mol. The minimum absolute atomic E-state index is 0.247. The second-order valence-electron chi connectivity index (χ2n) is 6.47. The van der Waals surface area contributed by atoms with Crippen LogP contribution in [0.5, 0.6) is 5.75 Å². The van der Waals surface area contributed by atoms with Gasteiger partial charge in [-0.2, -0.15) is 0 Å². The van der Waals surface area contributed by atoms with Crippen molar-refractivity contribution in [1.29, 1.82) is 0 Å². The first-order valence-corrected chi connectivity index (χ1v) is 9.38. The molecule has 0 bridgehead atoms. The summed E-state index contributed by atoms with van der Waals surface area (Å²) in [6.07, 6.45) is 1.33. The normalized spacial score (nSPS) is 16.3. The number of anilines is 1. The molecular formula is C20H20Cl2N2O3. The van der Waals surface area contributed by atoms with Gasteiger partial charge in [0.2, 0.25) is 5.91 Å². The second kappa shape index (κ2) is 8.19. The number of nitrogens with one attached hydrogen (secondary N) is 1. The fourth-order valence-corrected chi connectivity index (χ4v) is 3.60. The number of methoxy groups -OCH3 is 1. The molecule has 0 saturated carbocycles. The standard InChI is InChI=1S/C20H20Cl2N2O3/c1-12-5-8-18(27-2)16(10-12)23-19(25)17-4-3-9-24(17)20(26)14-11-13(21)6-7-15(14)22/h5-8,10-11,17H,3-4,9H2,1-2H3,(H,23,25)/t17-/m0/s1. The van der Waals surface area contributed by atoms with E-state index in [-0.39, 0.29) is 11.8 Å². The van der Waals surface area contributed by atoms with Gasteiger partial charge in [0.1, 0.15) is 11.8 Å². The first-order chi connectivity index (χ1) is 12.9. The lowest BCUT2D eigenvalue weighted by atomic mass is 10.1. The monoisotopic (exact) mass is 406 g/mol. The maximum atomic E-state index is 12.9. The highest BCUT2D eigenvalue weighted by Gasteiger charge is 2.35. The summed E-state index contributed by atoms with van der Waals surface area (Å²) in [6, 6.07) is 9.71. The van der Waals surface area contributed by atoms with Crippen LogP contribution in [0.15, 0.2) is 36.4 Å². The van der Waals surface area contributed by atoms with Crippen LogP contribution in [-0.4, -0.2) is 36.4 Å². The molecule has 2 aromatic rings. The number of amides is 2. The zero-order valence-electron chi connectivity index (χ0n) is 15.1. The molecule has 2 amide bonds. The lowest BCUT2D eigenvalue weighted by molar-refractivity contribution is -0.119. The summed E-state index contributed by atoms with van der Waals surface area (Å²) < 4.78 is 5.31. The van der Waals surface area contributed by atoms with Gasteiger partial charge in [-0.3, -0.25) is 9.59 Å². The zero-order valence-corrected chi connectivity index (χ0v) is 16.6. The largest absolute Gasteiger partial charge is 0.495 e. The molecule has 142 valence electrons. The summed E-state index contributed by atoms with van der Waals surface area (Å²) in [5.41, 5.74) is 1.88. The summed E-state index contributed by atoms with van der Waals surface area (Å²) >= 11 is 12.2. The van der Waals surface area contributed by atoms with E-state index in [9.17, 15) is 9.59 Å². The second-order valence-corrected chi connectivity index (χ2v) is 7.32. The summed E-state index contributed by atoms with van der Waals surface area (Å²) in [5.74, 6) is 0.0296. The first kappa shape index (κ1) is 19.5. The van der Waals surface area contributed by atoms with Gasteiger partial charge in [-0.15, -0.1) is 0 Å². The molecule has 0 aliphatic carbocycles. The predicted octanol–water partition coefficient (Wildman–Crippen LogP) is 4.55. The number of carbonyl (C=O) groups excluding carboxylic acids is 2. The van der Waals surface area contributed by atoms with Crippen LogP contribution < -0.4 is 10.1 Å². The molecule has 1 heterocycles. The summed E-state index contributed by atoms with van der Waals surface area (Å²) in [7, 11) is 1.55. The van der Waals surface area contributed by atoms with Gasteiger partial charge in [0.25, 0.3) is 5.91 Å². The van der Waals surface area contributed by atoms with Gasteiger partial charge in [0.15, 0.2) is 0 Å². The number of hydrogen-bond acceptors (Lipinski definition) is 3. The highest BCUT2D eigenvalue weighted by molar-refractivity contribution is 6.35. The molecule has 0 unspecified atom stereocenters. The first-order valence-electron chi connectivity index (χ1n) is 8.62. The molecule has 1 aliphatic heterocycles. The molecule has 3 rings (SSSR count). The Kier molecular flexibility index (Phi) is 5.92.